The third kappa shape index (κ3) is 3.16. The quantitative estimate of drug-likeness (QED) is 0.864. The molecule has 5 nitrogen and oxygen atoms in total. The number of amidine groups is 2. The number of benzene rings is 1. The highest BCUT2D eigenvalue weighted by Gasteiger charge is 2.30. The minimum Gasteiger partial charge on any atom is -0.359 e. The van der Waals surface area contributed by atoms with Gasteiger partial charge in [-0.3, -0.25) is 0 Å². The van der Waals surface area contributed by atoms with Crippen molar-refractivity contribution in [1.29, 1.82) is 0 Å². The van der Waals surface area contributed by atoms with Crippen molar-refractivity contribution in [3.63, 3.8) is 0 Å². The van der Waals surface area contributed by atoms with Crippen molar-refractivity contribution in [3.05, 3.63) is 29.8 Å². The Morgan fingerprint density at radius 1 is 1.25 bits per heavy atom. The second-order valence-electron chi connectivity index (χ2n) is 4.18. The van der Waals surface area contributed by atoms with Gasteiger partial charge in [0.15, 0.2) is 11.7 Å². The molecule has 1 aromatic rings. The van der Waals surface area contributed by atoms with Gasteiger partial charge in [-0.25, -0.2) is 4.21 Å². The van der Waals surface area contributed by atoms with Gasteiger partial charge in [0.2, 0.25) is 0 Å². The minimum absolute atomic E-state index is 0.174. The number of nitrogens with one attached hydrogen (secondary N) is 1. The summed E-state index contributed by atoms with van der Waals surface area (Å²) in [6, 6.07) is 4.67. The summed E-state index contributed by atoms with van der Waals surface area (Å²) in [5.74, 6) is 0.494. The highest BCUT2D eigenvalue weighted by Crippen LogP contribution is 2.30. The van der Waals surface area contributed by atoms with Gasteiger partial charge in [-0.2, -0.15) is 13.2 Å². The normalized spacial score (nSPS) is 18.6. The lowest BCUT2D eigenvalue weighted by Gasteiger charge is -2.15. The van der Waals surface area contributed by atoms with Gasteiger partial charge in [0.1, 0.15) is 0 Å². The topological polar surface area (TPSA) is 57.1 Å². The fraction of sp³-hybridized carbons (Fsp3) is 0.273. The lowest BCUT2D eigenvalue weighted by Crippen LogP contribution is -2.32. The van der Waals surface area contributed by atoms with Crippen molar-refractivity contribution >= 4 is 28.5 Å². The Labute approximate surface area is 115 Å². The fourth-order valence-corrected chi connectivity index (χ4v) is 2.26. The van der Waals surface area contributed by atoms with E-state index in [2.05, 4.69) is 14.1 Å². The molecule has 0 fully saturated rings. The number of anilines is 1. The summed E-state index contributed by atoms with van der Waals surface area (Å²) >= 11 is -1.75. The Bertz CT molecular complexity index is 610. The molecule has 0 saturated heterocycles. The van der Waals surface area contributed by atoms with Gasteiger partial charge in [-0.1, -0.05) is 6.07 Å². The van der Waals surface area contributed by atoms with Gasteiger partial charge in [0, 0.05) is 19.8 Å². The predicted molar refractivity (Wildman–Crippen MR) is 71.8 cm³/mol. The average Bonchev–Trinajstić information content (AvgIpc) is 2.69. The van der Waals surface area contributed by atoms with Crippen molar-refractivity contribution in [3.8, 4) is 0 Å². The maximum absolute atomic E-state index is 12.6. The Hall–Kier alpha value is -1.90. The molecule has 1 unspecified atom stereocenters. The molecular weight excluding hydrogens is 293 g/mol. The molecule has 0 aromatic heterocycles. The lowest BCUT2D eigenvalue weighted by atomic mass is 10.2. The van der Waals surface area contributed by atoms with Crippen LogP contribution in [0.25, 0.3) is 0 Å². The van der Waals surface area contributed by atoms with Crippen LogP contribution in [0.4, 0.5) is 18.9 Å². The van der Waals surface area contributed by atoms with Gasteiger partial charge >= 0.3 is 6.18 Å². The molecule has 0 radical (unpaired) electrons. The molecule has 0 saturated carbocycles. The number of nitrogens with zero attached hydrogens (tertiary/aromatic N) is 3. The van der Waals surface area contributed by atoms with Crippen LogP contribution < -0.4 is 5.32 Å². The zero-order chi connectivity index (χ0) is 14.9. The Balaban J connectivity index is 2.25. The van der Waals surface area contributed by atoms with Gasteiger partial charge in [0.25, 0.3) is 11.2 Å². The monoisotopic (exact) mass is 304 g/mol. The molecule has 1 aliphatic rings. The lowest BCUT2D eigenvalue weighted by molar-refractivity contribution is -0.137. The molecule has 0 bridgehead atoms. The summed E-state index contributed by atoms with van der Waals surface area (Å²) in [6.45, 7) is 0. The molecule has 0 spiro atoms. The molecule has 1 aliphatic heterocycles. The number of hydrogen-bond acceptors (Lipinski definition) is 3. The van der Waals surface area contributed by atoms with E-state index in [1.165, 1.54) is 12.1 Å². The van der Waals surface area contributed by atoms with Crippen LogP contribution in [0.5, 0.6) is 0 Å². The van der Waals surface area contributed by atoms with E-state index in [0.29, 0.717) is 5.84 Å². The molecule has 1 aromatic carbocycles. The molecule has 1 heterocycles. The maximum Gasteiger partial charge on any atom is 0.416 e. The van der Waals surface area contributed by atoms with Crippen molar-refractivity contribution in [1.82, 2.24) is 4.90 Å². The van der Waals surface area contributed by atoms with Crippen molar-refractivity contribution in [2.24, 2.45) is 8.80 Å². The van der Waals surface area contributed by atoms with E-state index in [1.807, 2.05) is 0 Å². The van der Waals surface area contributed by atoms with E-state index in [1.54, 1.807) is 19.0 Å². The molecule has 0 amide bonds. The summed E-state index contributed by atoms with van der Waals surface area (Å²) in [5.41, 5.74) is -0.572. The van der Waals surface area contributed by atoms with Crippen LogP contribution in [0.3, 0.4) is 0 Å². The van der Waals surface area contributed by atoms with Gasteiger partial charge < -0.3 is 10.2 Å². The molecule has 2 rings (SSSR count). The summed E-state index contributed by atoms with van der Waals surface area (Å²) in [4.78, 5) is 1.57. The average molecular weight is 304 g/mol. The summed E-state index contributed by atoms with van der Waals surface area (Å²) < 4.78 is 56.6. The maximum atomic E-state index is 12.6. The first-order chi connectivity index (χ1) is 9.27. The molecule has 0 aliphatic carbocycles. The van der Waals surface area contributed by atoms with Crippen LogP contribution in [0.2, 0.25) is 0 Å². The third-order valence-electron chi connectivity index (χ3n) is 2.42. The van der Waals surface area contributed by atoms with E-state index in [-0.39, 0.29) is 11.5 Å². The molecule has 1 N–H and O–H groups in total. The third-order valence-corrected chi connectivity index (χ3v) is 3.09. The molecule has 108 valence electrons. The second-order valence-corrected chi connectivity index (χ2v) is 5.01. The van der Waals surface area contributed by atoms with Crippen molar-refractivity contribution in [2.45, 2.75) is 6.18 Å². The van der Waals surface area contributed by atoms with Gasteiger partial charge in [-0.15, -0.1) is 8.80 Å². The largest absolute Gasteiger partial charge is 0.416 e. The van der Waals surface area contributed by atoms with Gasteiger partial charge in [0.05, 0.1) is 5.56 Å². The van der Waals surface area contributed by atoms with Crippen molar-refractivity contribution in [2.75, 3.05) is 19.4 Å². The summed E-state index contributed by atoms with van der Waals surface area (Å²) in [7, 11) is 3.34. The second kappa shape index (κ2) is 5.23. The molecule has 20 heavy (non-hydrogen) atoms. The van der Waals surface area contributed by atoms with E-state index in [4.69, 9.17) is 0 Å². The Morgan fingerprint density at radius 3 is 2.55 bits per heavy atom. The van der Waals surface area contributed by atoms with Crippen LogP contribution >= 0.6 is 0 Å². The first-order valence-electron chi connectivity index (χ1n) is 5.49. The predicted octanol–water partition coefficient (Wildman–Crippen LogP) is 2.07. The van der Waals surface area contributed by atoms with Crippen LogP contribution in [0, 0.1) is 0 Å². The number of hydrogen-bond donors (Lipinski definition) is 1. The number of halogens is 3. The zero-order valence-corrected chi connectivity index (χ0v) is 11.4. The molecule has 1 atom stereocenters. The van der Waals surface area contributed by atoms with E-state index in [0.717, 1.165) is 12.1 Å². The molecule has 9 heteroatoms. The number of likely N-dealkylation sites (N-methyl/N-ethyl adjacent to an activating group) is 1. The summed E-state index contributed by atoms with van der Waals surface area (Å²) in [6.07, 6.45) is -4.42. The Morgan fingerprint density at radius 2 is 1.95 bits per heavy atom. The minimum atomic E-state index is -4.42. The van der Waals surface area contributed by atoms with E-state index in [9.17, 15) is 17.4 Å². The highest BCUT2D eigenvalue weighted by molar-refractivity contribution is 7.83. The fourth-order valence-electron chi connectivity index (χ4n) is 1.54. The van der Waals surface area contributed by atoms with E-state index >= 15 is 0 Å². The number of alkyl halides is 3. The van der Waals surface area contributed by atoms with Crippen LogP contribution in [-0.2, 0) is 17.3 Å². The Kier molecular flexibility index (Phi) is 3.80. The smallest absolute Gasteiger partial charge is 0.359 e. The molecular formula is C11H11F3N4OS. The highest BCUT2D eigenvalue weighted by atomic mass is 32.2. The van der Waals surface area contributed by atoms with Crippen LogP contribution in [0.15, 0.2) is 33.1 Å². The van der Waals surface area contributed by atoms with Crippen LogP contribution in [0.1, 0.15) is 5.56 Å². The van der Waals surface area contributed by atoms with Crippen molar-refractivity contribution < 1.29 is 17.4 Å². The number of rotatable bonds is 1. The standard InChI is InChI=1S/C11H11F3N4OS/c1-18(2)10-9(16-20(19)17-10)15-8-5-3-4-7(6-8)11(12,13)14/h3-6H,1-2H3,(H,15,16). The van der Waals surface area contributed by atoms with E-state index < -0.39 is 22.9 Å². The van der Waals surface area contributed by atoms with Gasteiger partial charge in [-0.05, 0) is 18.2 Å². The van der Waals surface area contributed by atoms with Crippen LogP contribution in [-0.4, -0.2) is 34.9 Å². The SMILES string of the molecule is CN(C)C1=NS(=O)N=C1Nc1cccc(C(F)(F)F)c1. The first-order valence-corrected chi connectivity index (χ1v) is 6.55. The zero-order valence-electron chi connectivity index (χ0n) is 10.6. The first kappa shape index (κ1) is 14.5. The summed E-state index contributed by atoms with van der Waals surface area (Å²) in [5, 5.41) is 2.70.